The van der Waals surface area contributed by atoms with Gasteiger partial charge in [-0.3, -0.25) is 0 Å². The molecule has 0 unspecified atom stereocenters. The number of rotatable bonds is 1. The van der Waals surface area contributed by atoms with Crippen LogP contribution in [0.1, 0.15) is 26.3 Å². The Kier molecular flexibility index (Phi) is 4.82. The van der Waals surface area contributed by atoms with E-state index in [0.717, 1.165) is 28.0 Å². The first-order chi connectivity index (χ1) is 24.5. The minimum Gasteiger partial charge on any atom is -0.466 e. The summed E-state index contributed by atoms with van der Waals surface area (Å²) in [6.45, 7) is 6.79. The van der Waals surface area contributed by atoms with Crippen LogP contribution in [0.2, 0.25) is 0 Å². The van der Waals surface area contributed by atoms with Crippen molar-refractivity contribution < 1.29 is 4.42 Å². The third-order valence-corrected chi connectivity index (χ3v) is 11.6. The molecule has 12 rings (SSSR count). The van der Waals surface area contributed by atoms with Crippen LogP contribution in [0.3, 0.4) is 0 Å². The molecule has 3 nitrogen and oxygen atoms in total. The fourth-order valence-corrected chi connectivity index (χ4v) is 9.52. The normalized spacial score (nSPS) is 13.8. The van der Waals surface area contributed by atoms with Gasteiger partial charge in [0.2, 0.25) is 0 Å². The molecule has 10 aromatic rings. The molecule has 0 aliphatic carbocycles. The summed E-state index contributed by atoms with van der Waals surface area (Å²) in [4.78, 5) is 2.51. The first-order valence-electron chi connectivity index (χ1n) is 17.6. The summed E-state index contributed by atoms with van der Waals surface area (Å²) >= 11 is 0. The van der Waals surface area contributed by atoms with E-state index >= 15 is 0 Å². The van der Waals surface area contributed by atoms with E-state index in [1.807, 2.05) is 0 Å². The predicted molar refractivity (Wildman–Crippen MR) is 212 cm³/mol. The number of benzene rings is 8. The molecule has 50 heavy (non-hydrogen) atoms. The van der Waals surface area contributed by atoms with E-state index in [1.165, 1.54) is 82.0 Å². The van der Waals surface area contributed by atoms with Gasteiger partial charge in [-0.25, -0.2) is 0 Å². The molecular formula is C46H31BN2O. The van der Waals surface area contributed by atoms with Crippen molar-refractivity contribution in [1.82, 2.24) is 4.48 Å². The topological polar surface area (TPSA) is 21.3 Å². The maximum Gasteiger partial charge on any atom is 0.376 e. The lowest BCUT2D eigenvalue weighted by molar-refractivity contribution is 0.591. The molecule has 2 aromatic heterocycles. The average molecular weight is 639 g/mol. The van der Waals surface area contributed by atoms with Gasteiger partial charge < -0.3 is 13.8 Å². The van der Waals surface area contributed by atoms with Gasteiger partial charge in [-0.15, -0.1) is 0 Å². The Morgan fingerprint density at radius 2 is 1.28 bits per heavy atom. The molecule has 0 bridgehead atoms. The van der Waals surface area contributed by atoms with Crippen molar-refractivity contribution in [3.63, 3.8) is 0 Å². The van der Waals surface area contributed by atoms with Crippen molar-refractivity contribution in [2.24, 2.45) is 0 Å². The Labute approximate surface area is 289 Å². The molecule has 4 heterocycles. The van der Waals surface area contributed by atoms with Gasteiger partial charge in [0.25, 0.3) is 0 Å². The minimum absolute atomic E-state index is 0.0503. The molecule has 0 radical (unpaired) electrons. The first kappa shape index (κ1) is 26.9. The lowest BCUT2D eigenvalue weighted by atomic mass is 9.47. The molecule has 4 heteroatoms. The van der Waals surface area contributed by atoms with E-state index < -0.39 is 0 Å². The maximum atomic E-state index is 7.09. The van der Waals surface area contributed by atoms with Crippen molar-refractivity contribution in [2.75, 3.05) is 4.90 Å². The number of furan rings is 1. The predicted octanol–water partition coefficient (Wildman–Crippen LogP) is 11.2. The van der Waals surface area contributed by atoms with Crippen LogP contribution >= 0.6 is 0 Å². The van der Waals surface area contributed by atoms with Crippen molar-refractivity contribution in [2.45, 2.75) is 26.2 Å². The zero-order valence-electron chi connectivity index (χ0n) is 28.1. The number of para-hydroxylation sites is 4. The first-order valence-corrected chi connectivity index (χ1v) is 17.6. The molecule has 8 aromatic carbocycles. The second-order valence-electron chi connectivity index (χ2n) is 15.3. The highest BCUT2D eigenvalue weighted by Crippen LogP contribution is 2.53. The lowest BCUT2D eigenvalue weighted by Gasteiger charge is -2.40. The van der Waals surface area contributed by atoms with Crippen LogP contribution < -0.4 is 16.0 Å². The van der Waals surface area contributed by atoms with Crippen LogP contribution in [0.25, 0.3) is 76.2 Å². The van der Waals surface area contributed by atoms with Gasteiger partial charge in [0.15, 0.2) is 0 Å². The Bertz CT molecular complexity index is 3070. The van der Waals surface area contributed by atoms with Crippen LogP contribution in [-0.2, 0) is 5.41 Å². The molecule has 0 N–H and O–H groups in total. The van der Waals surface area contributed by atoms with Gasteiger partial charge in [0, 0.05) is 49.2 Å². The molecule has 0 amide bonds. The van der Waals surface area contributed by atoms with Gasteiger partial charge in [-0.2, -0.15) is 0 Å². The summed E-state index contributed by atoms with van der Waals surface area (Å²) in [6, 6.07) is 49.6. The summed E-state index contributed by atoms with van der Waals surface area (Å²) in [5.41, 5.74) is 13.2. The monoisotopic (exact) mass is 638 g/mol. The van der Waals surface area contributed by atoms with E-state index in [1.54, 1.807) is 0 Å². The standard InChI is InChI=1S/C46H31BN2O/c1-46(2,3)28-24-26-20-22-33-39-35(23-21-27(25-28)38(26)39)43-41-40(33)34-17-11-16-31-30-14-7-9-18-36(30)49(42(31)34)47(41)45-44(32-15-8-10-19-37(32)50-45)48(43)29-12-5-4-6-13-29/h4-25H,1-3H3. The third-order valence-electron chi connectivity index (χ3n) is 11.6. The second kappa shape index (κ2) is 8.96. The number of anilines is 3. The van der Waals surface area contributed by atoms with Crippen molar-refractivity contribution in [3.05, 3.63) is 139 Å². The van der Waals surface area contributed by atoms with E-state index in [9.17, 15) is 0 Å². The third kappa shape index (κ3) is 3.14. The molecule has 0 saturated heterocycles. The van der Waals surface area contributed by atoms with Gasteiger partial charge in [0.1, 0.15) is 11.2 Å². The van der Waals surface area contributed by atoms with Crippen molar-refractivity contribution >= 4 is 100 Å². The molecule has 2 aliphatic heterocycles. The second-order valence-corrected chi connectivity index (χ2v) is 15.3. The summed E-state index contributed by atoms with van der Waals surface area (Å²) in [5.74, 6) is 0. The van der Waals surface area contributed by atoms with Gasteiger partial charge in [0.05, 0.1) is 11.4 Å². The highest BCUT2D eigenvalue weighted by molar-refractivity contribution is 6.90. The number of hydrogen-bond donors (Lipinski definition) is 0. The smallest absolute Gasteiger partial charge is 0.376 e. The van der Waals surface area contributed by atoms with Gasteiger partial charge >= 0.3 is 6.85 Å². The Morgan fingerprint density at radius 3 is 2.08 bits per heavy atom. The van der Waals surface area contributed by atoms with E-state index in [2.05, 4.69) is 164 Å². The van der Waals surface area contributed by atoms with Gasteiger partial charge in [-0.05, 0) is 73.9 Å². The summed E-state index contributed by atoms with van der Waals surface area (Å²) in [5, 5.41) is 11.6. The molecule has 234 valence electrons. The summed E-state index contributed by atoms with van der Waals surface area (Å²) < 4.78 is 9.67. The SMILES string of the molecule is CC(C)(C)c1cc2ccc3c4c5c(c6ccc(c1)c2c36)N(c1ccccc1)c1c(oc2ccccc12)B5n1c2ccccc2c2cccc-4c21. The van der Waals surface area contributed by atoms with Gasteiger partial charge in [-0.1, -0.05) is 124 Å². The van der Waals surface area contributed by atoms with E-state index in [4.69, 9.17) is 4.42 Å². The fraction of sp³-hybridized carbons (Fsp3) is 0.0870. The van der Waals surface area contributed by atoms with Crippen molar-refractivity contribution in [3.8, 4) is 11.1 Å². The van der Waals surface area contributed by atoms with Crippen LogP contribution in [0, 0.1) is 0 Å². The average Bonchev–Trinajstić information content (AvgIpc) is 3.69. The molecular weight excluding hydrogens is 607 g/mol. The summed E-state index contributed by atoms with van der Waals surface area (Å²) in [7, 11) is 0. The molecule has 0 atom stereocenters. The number of nitrogens with zero attached hydrogens (tertiary/aromatic N) is 2. The van der Waals surface area contributed by atoms with E-state index in [-0.39, 0.29) is 12.3 Å². The zero-order valence-corrected chi connectivity index (χ0v) is 28.1. The Hall–Kier alpha value is -6.00. The van der Waals surface area contributed by atoms with Crippen LogP contribution in [-0.4, -0.2) is 11.3 Å². The Morgan fingerprint density at radius 1 is 0.580 bits per heavy atom. The molecule has 0 saturated carbocycles. The fourth-order valence-electron chi connectivity index (χ4n) is 9.52. The molecule has 0 fully saturated rings. The number of fused-ring (bicyclic) bond motifs is 11. The number of aromatic nitrogens is 1. The molecule has 2 aliphatic rings. The molecule has 0 spiro atoms. The van der Waals surface area contributed by atoms with Crippen LogP contribution in [0.4, 0.5) is 17.1 Å². The number of hydrogen-bond acceptors (Lipinski definition) is 2. The summed E-state index contributed by atoms with van der Waals surface area (Å²) in [6.07, 6.45) is 0. The zero-order chi connectivity index (χ0) is 33.0. The maximum absolute atomic E-state index is 7.09. The minimum atomic E-state index is -0.144. The highest BCUT2D eigenvalue weighted by atomic mass is 16.3. The quantitative estimate of drug-likeness (QED) is 0.132. The van der Waals surface area contributed by atoms with E-state index in [0.29, 0.717) is 0 Å². The Balaban J connectivity index is 1.37. The van der Waals surface area contributed by atoms with Crippen LogP contribution in [0.5, 0.6) is 0 Å². The lowest BCUT2D eigenvalue weighted by Crippen LogP contribution is -2.56. The van der Waals surface area contributed by atoms with Crippen molar-refractivity contribution in [1.29, 1.82) is 0 Å². The largest absolute Gasteiger partial charge is 0.466 e. The highest BCUT2D eigenvalue weighted by Gasteiger charge is 2.47. The van der Waals surface area contributed by atoms with Crippen LogP contribution in [0.15, 0.2) is 138 Å².